The molecule has 0 aliphatic carbocycles. The summed E-state index contributed by atoms with van der Waals surface area (Å²) < 4.78 is 5.58. The molecule has 6 heteroatoms. The Balaban J connectivity index is 2.56. The van der Waals surface area contributed by atoms with E-state index >= 15 is 0 Å². The molecule has 0 bridgehead atoms. The normalized spacial score (nSPS) is 10.5. The minimum absolute atomic E-state index is 0.147. The molecule has 0 atom stereocenters. The van der Waals surface area contributed by atoms with Gasteiger partial charge in [-0.15, -0.1) is 11.3 Å². The van der Waals surface area contributed by atoms with E-state index in [2.05, 4.69) is 4.98 Å². The van der Waals surface area contributed by atoms with Crippen LogP contribution in [0, 0.1) is 6.92 Å². The maximum atomic E-state index is 10.9. The number of carbonyl (C=O) groups is 1. The van der Waals surface area contributed by atoms with Gasteiger partial charge in [-0.05, 0) is 12.1 Å². The van der Waals surface area contributed by atoms with Gasteiger partial charge in [0, 0.05) is 6.92 Å². The molecule has 78 valence electrons. The standard InChI is InChI=1S/C9H6ClNO3S/c1-4-11-7(8(14-4)9(12)13)5-2-3-6(10)15-5/h2-3H,1H3,(H,12,13). The van der Waals surface area contributed by atoms with Gasteiger partial charge in [0.2, 0.25) is 5.76 Å². The van der Waals surface area contributed by atoms with E-state index in [9.17, 15) is 4.79 Å². The third-order valence-electron chi connectivity index (χ3n) is 1.73. The minimum atomic E-state index is -1.13. The predicted octanol–water partition coefficient (Wildman–Crippen LogP) is 3.06. The number of aromatic carboxylic acids is 1. The average Bonchev–Trinajstić information content (AvgIpc) is 2.71. The maximum Gasteiger partial charge on any atom is 0.374 e. The number of aromatic nitrogens is 1. The molecule has 2 heterocycles. The molecule has 2 aromatic heterocycles. The molecule has 1 N–H and O–H groups in total. The molecule has 2 rings (SSSR count). The van der Waals surface area contributed by atoms with Gasteiger partial charge in [-0.3, -0.25) is 0 Å². The summed E-state index contributed by atoms with van der Waals surface area (Å²) in [5, 5.41) is 8.88. The van der Waals surface area contributed by atoms with E-state index in [1.807, 2.05) is 0 Å². The molecule has 15 heavy (non-hydrogen) atoms. The van der Waals surface area contributed by atoms with Crippen LogP contribution in [-0.2, 0) is 0 Å². The second-order valence-electron chi connectivity index (χ2n) is 2.82. The summed E-state index contributed by atoms with van der Waals surface area (Å²) in [5.41, 5.74) is 0.330. The van der Waals surface area contributed by atoms with E-state index in [0.717, 1.165) is 0 Å². The highest BCUT2D eigenvalue weighted by Gasteiger charge is 2.20. The van der Waals surface area contributed by atoms with Crippen molar-refractivity contribution in [2.75, 3.05) is 0 Å². The average molecular weight is 244 g/mol. The molecule has 0 saturated carbocycles. The summed E-state index contributed by atoms with van der Waals surface area (Å²) in [6.07, 6.45) is 0. The van der Waals surface area contributed by atoms with Crippen molar-refractivity contribution in [2.45, 2.75) is 6.92 Å². The van der Waals surface area contributed by atoms with Gasteiger partial charge in [0.1, 0.15) is 5.69 Å². The fourth-order valence-corrected chi connectivity index (χ4v) is 2.21. The molecule has 0 aliphatic heterocycles. The lowest BCUT2D eigenvalue weighted by Crippen LogP contribution is -1.95. The Hall–Kier alpha value is -1.33. The zero-order valence-corrected chi connectivity index (χ0v) is 9.22. The second kappa shape index (κ2) is 3.67. The summed E-state index contributed by atoms with van der Waals surface area (Å²) in [6.45, 7) is 1.60. The quantitative estimate of drug-likeness (QED) is 0.881. The monoisotopic (exact) mass is 243 g/mol. The van der Waals surface area contributed by atoms with E-state index in [-0.39, 0.29) is 5.76 Å². The molecule has 2 aromatic rings. The highest BCUT2D eigenvalue weighted by molar-refractivity contribution is 7.19. The summed E-state index contributed by atoms with van der Waals surface area (Å²) in [6, 6.07) is 3.41. The first-order valence-electron chi connectivity index (χ1n) is 4.04. The predicted molar refractivity (Wildman–Crippen MR) is 56.5 cm³/mol. The van der Waals surface area contributed by atoms with Crippen LogP contribution >= 0.6 is 22.9 Å². The number of carboxylic acid groups (broad SMARTS) is 1. The third kappa shape index (κ3) is 1.88. The van der Waals surface area contributed by atoms with Gasteiger partial charge in [0.15, 0.2) is 5.89 Å². The second-order valence-corrected chi connectivity index (χ2v) is 4.53. The largest absolute Gasteiger partial charge is 0.475 e. The van der Waals surface area contributed by atoms with Crippen LogP contribution in [0.4, 0.5) is 0 Å². The summed E-state index contributed by atoms with van der Waals surface area (Å²) >= 11 is 7.03. The summed E-state index contributed by atoms with van der Waals surface area (Å²) in [7, 11) is 0. The van der Waals surface area contributed by atoms with Crippen LogP contribution in [0.3, 0.4) is 0 Å². The topological polar surface area (TPSA) is 63.3 Å². The van der Waals surface area contributed by atoms with Crippen LogP contribution in [0.25, 0.3) is 10.6 Å². The highest BCUT2D eigenvalue weighted by atomic mass is 35.5. The van der Waals surface area contributed by atoms with Crippen molar-refractivity contribution in [2.24, 2.45) is 0 Å². The number of oxazole rings is 1. The Bertz CT molecular complexity index is 517. The van der Waals surface area contributed by atoms with Gasteiger partial charge < -0.3 is 9.52 Å². The van der Waals surface area contributed by atoms with Gasteiger partial charge in [-0.1, -0.05) is 11.6 Å². The number of hydrogen-bond donors (Lipinski definition) is 1. The smallest absolute Gasteiger partial charge is 0.374 e. The maximum absolute atomic E-state index is 10.9. The Labute approximate surface area is 94.1 Å². The van der Waals surface area contributed by atoms with Crippen LogP contribution in [-0.4, -0.2) is 16.1 Å². The molecular weight excluding hydrogens is 238 g/mol. The van der Waals surface area contributed by atoms with Gasteiger partial charge >= 0.3 is 5.97 Å². The Kier molecular flexibility index (Phi) is 2.50. The first-order valence-corrected chi connectivity index (χ1v) is 5.24. The Morgan fingerprint density at radius 3 is 2.87 bits per heavy atom. The zero-order valence-electron chi connectivity index (χ0n) is 7.65. The molecule has 0 spiro atoms. The first kappa shape index (κ1) is 10.2. The fourth-order valence-electron chi connectivity index (χ4n) is 1.18. The molecule has 0 fully saturated rings. The summed E-state index contributed by atoms with van der Waals surface area (Å²) in [4.78, 5) is 15.6. The van der Waals surface area contributed by atoms with Crippen LogP contribution < -0.4 is 0 Å². The molecule has 0 aromatic carbocycles. The minimum Gasteiger partial charge on any atom is -0.475 e. The van der Waals surface area contributed by atoms with Crippen LogP contribution in [0.2, 0.25) is 4.34 Å². The number of hydrogen-bond acceptors (Lipinski definition) is 4. The first-order chi connectivity index (χ1) is 7.08. The van der Waals surface area contributed by atoms with Crippen molar-refractivity contribution in [1.82, 2.24) is 4.98 Å². The van der Waals surface area contributed by atoms with E-state index in [1.165, 1.54) is 11.3 Å². The number of halogens is 1. The molecule has 0 aliphatic rings. The van der Waals surface area contributed by atoms with Crippen molar-refractivity contribution < 1.29 is 14.3 Å². The van der Waals surface area contributed by atoms with Gasteiger partial charge in [0.05, 0.1) is 9.21 Å². The number of carboxylic acids is 1. The number of rotatable bonds is 2. The SMILES string of the molecule is Cc1nc(-c2ccc(Cl)s2)c(C(=O)O)o1. The lowest BCUT2D eigenvalue weighted by Gasteiger charge is -1.90. The molecule has 0 amide bonds. The summed E-state index contributed by atoms with van der Waals surface area (Å²) in [5.74, 6) is -0.951. The number of aryl methyl sites for hydroxylation is 1. The van der Waals surface area contributed by atoms with Gasteiger partial charge in [-0.25, -0.2) is 9.78 Å². The van der Waals surface area contributed by atoms with Gasteiger partial charge in [-0.2, -0.15) is 0 Å². The number of nitrogens with zero attached hydrogens (tertiary/aromatic N) is 1. The van der Waals surface area contributed by atoms with Crippen LogP contribution in [0.5, 0.6) is 0 Å². The van der Waals surface area contributed by atoms with E-state index in [0.29, 0.717) is 20.8 Å². The van der Waals surface area contributed by atoms with E-state index < -0.39 is 5.97 Å². The molecule has 0 radical (unpaired) electrons. The molecule has 0 saturated heterocycles. The zero-order chi connectivity index (χ0) is 11.0. The highest BCUT2D eigenvalue weighted by Crippen LogP contribution is 2.32. The fraction of sp³-hybridized carbons (Fsp3) is 0.111. The lowest BCUT2D eigenvalue weighted by molar-refractivity contribution is 0.0662. The molecular formula is C9H6ClNO3S. The molecule has 4 nitrogen and oxygen atoms in total. The van der Waals surface area contributed by atoms with Crippen molar-refractivity contribution in [3.8, 4) is 10.6 Å². The van der Waals surface area contributed by atoms with Crippen molar-refractivity contribution >= 4 is 28.9 Å². The Morgan fingerprint density at radius 1 is 1.60 bits per heavy atom. The molecule has 0 unspecified atom stereocenters. The van der Waals surface area contributed by atoms with Crippen molar-refractivity contribution in [3.05, 3.63) is 28.1 Å². The van der Waals surface area contributed by atoms with E-state index in [1.54, 1.807) is 19.1 Å². The van der Waals surface area contributed by atoms with Crippen molar-refractivity contribution in [3.63, 3.8) is 0 Å². The lowest BCUT2D eigenvalue weighted by atomic mass is 10.3. The van der Waals surface area contributed by atoms with Crippen LogP contribution in [0.1, 0.15) is 16.4 Å². The Morgan fingerprint density at radius 2 is 2.33 bits per heavy atom. The van der Waals surface area contributed by atoms with Gasteiger partial charge in [0.25, 0.3) is 0 Å². The van der Waals surface area contributed by atoms with Crippen LogP contribution in [0.15, 0.2) is 16.5 Å². The third-order valence-corrected chi connectivity index (χ3v) is 2.97. The number of thiophene rings is 1. The van der Waals surface area contributed by atoms with E-state index in [4.69, 9.17) is 21.1 Å². The van der Waals surface area contributed by atoms with Crippen molar-refractivity contribution in [1.29, 1.82) is 0 Å².